The zero-order valence-electron chi connectivity index (χ0n) is 13.2. The van der Waals surface area contributed by atoms with E-state index < -0.39 is 12.0 Å². The number of benzene rings is 1. The van der Waals surface area contributed by atoms with Gasteiger partial charge in [-0.15, -0.1) is 0 Å². The molecule has 0 aromatic heterocycles. The molecule has 7 heteroatoms. The smallest absolute Gasteiger partial charge is 0.327 e. The number of nitrogens with zero attached hydrogens (tertiary/aromatic N) is 1. The highest BCUT2D eigenvalue weighted by Gasteiger charge is 2.67. The van der Waals surface area contributed by atoms with Crippen LogP contribution in [0.25, 0.3) is 0 Å². The molecule has 1 heterocycles. The van der Waals surface area contributed by atoms with E-state index in [2.05, 4.69) is 31.9 Å². The molecule has 0 radical (unpaired) electrons. The van der Waals surface area contributed by atoms with Gasteiger partial charge < -0.3 is 5.11 Å². The number of halogens is 2. The SMILES string of the molecule is O=C(O)[C@H](Cc1ccccc1)N1C(=O)[C@@H]2[C@@H]3C[C@@H]([C@@H](Br)[C@@H]3Br)[C@@H]2C1=O. The summed E-state index contributed by atoms with van der Waals surface area (Å²) < 4.78 is 0. The zero-order chi connectivity index (χ0) is 17.9. The number of amides is 2. The Kier molecular flexibility index (Phi) is 4.27. The Balaban J connectivity index is 1.65. The summed E-state index contributed by atoms with van der Waals surface area (Å²) in [6, 6.07) is 7.97. The monoisotopic (exact) mass is 469 g/mol. The van der Waals surface area contributed by atoms with Gasteiger partial charge in [0.25, 0.3) is 0 Å². The summed E-state index contributed by atoms with van der Waals surface area (Å²) in [5, 5.41) is 9.68. The molecule has 1 aromatic carbocycles. The lowest BCUT2D eigenvalue weighted by molar-refractivity contribution is -0.155. The van der Waals surface area contributed by atoms with Crippen LogP contribution in [-0.2, 0) is 20.8 Å². The molecule has 5 nitrogen and oxygen atoms in total. The molecule has 1 aromatic rings. The normalized spacial score (nSPS) is 37.4. The van der Waals surface area contributed by atoms with Crippen LogP contribution in [0.2, 0.25) is 0 Å². The van der Waals surface area contributed by atoms with Crippen LogP contribution in [0, 0.1) is 23.7 Å². The molecule has 2 aliphatic carbocycles. The highest BCUT2D eigenvalue weighted by Crippen LogP contribution is 2.60. The number of fused-ring (bicyclic) bond motifs is 5. The van der Waals surface area contributed by atoms with E-state index in [-0.39, 0.29) is 51.6 Å². The number of hydrogen-bond donors (Lipinski definition) is 1. The summed E-state index contributed by atoms with van der Waals surface area (Å²) in [7, 11) is 0. The molecule has 2 saturated carbocycles. The predicted molar refractivity (Wildman–Crippen MR) is 97.4 cm³/mol. The van der Waals surface area contributed by atoms with Gasteiger partial charge in [-0.2, -0.15) is 0 Å². The lowest BCUT2D eigenvalue weighted by Crippen LogP contribution is -2.47. The van der Waals surface area contributed by atoms with Crippen LogP contribution in [0.15, 0.2) is 30.3 Å². The zero-order valence-corrected chi connectivity index (χ0v) is 16.4. The van der Waals surface area contributed by atoms with Crippen molar-refractivity contribution in [1.82, 2.24) is 4.90 Å². The molecule has 2 amide bonds. The molecule has 4 rings (SSSR count). The van der Waals surface area contributed by atoms with Gasteiger partial charge in [0.15, 0.2) is 0 Å². The van der Waals surface area contributed by atoms with E-state index in [4.69, 9.17) is 0 Å². The van der Waals surface area contributed by atoms with Crippen LogP contribution < -0.4 is 0 Å². The number of alkyl halides is 2. The van der Waals surface area contributed by atoms with Gasteiger partial charge in [-0.3, -0.25) is 14.5 Å². The van der Waals surface area contributed by atoms with E-state index in [0.29, 0.717) is 0 Å². The minimum absolute atomic E-state index is 0.0898. The number of aliphatic carboxylic acids is 1. The first-order valence-electron chi connectivity index (χ1n) is 8.33. The number of carboxylic acids is 1. The third-order valence-corrected chi connectivity index (χ3v) is 9.10. The van der Waals surface area contributed by atoms with Crippen LogP contribution in [-0.4, -0.2) is 43.5 Å². The lowest BCUT2D eigenvalue weighted by atomic mass is 9.81. The van der Waals surface area contributed by atoms with Crippen molar-refractivity contribution in [2.75, 3.05) is 0 Å². The Morgan fingerprint density at radius 3 is 2.08 bits per heavy atom. The second kappa shape index (κ2) is 6.20. The number of hydrogen-bond acceptors (Lipinski definition) is 3. The summed E-state index contributed by atoms with van der Waals surface area (Å²) in [5.41, 5.74) is 0.798. The van der Waals surface area contributed by atoms with Crippen molar-refractivity contribution in [2.24, 2.45) is 23.7 Å². The van der Waals surface area contributed by atoms with Gasteiger partial charge in [-0.1, -0.05) is 62.2 Å². The first-order valence-corrected chi connectivity index (χ1v) is 10.2. The van der Waals surface area contributed by atoms with E-state index in [0.717, 1.165) is 16.9 Å². The fraction of sp³-hybridized carbons (Fsp3) is 0.500. The molecule has 7 atom stereocenters. The van der Waals surface area contributed by atoms with Gasteiger partial charge in [0.2, 0.25) is 11.8 Å². The maximum Gasteiger partial charge on any atom is 0.327 e. The van der Waals surface area contributed by atoms with Crippen LogP contribution in [0.4, 0.5) is 0 Å². The summed E-state index contributed by atoms with van der Waals surface area (Å²) in [6.07, 6.45) is 0.973. The van der Waals surface area contributed by atoms with Crippen LogP contribution in [0.5, 0.6) is 0 Å². The van der Waals surface area contributed by atoms with Crippen LogP contribution in [0.1, 0.15) is 12.0 Å². The first-order chi connectivity index (χ1) is 11.9. The second-order valence-electron chi connectivity index (χ2n) is 7.09. The third kappa shape index (κ3) is 2.50. The number of carboxylic acid groups (broad SMARTS) is 1. The van der Waals surface area contributed by atoms with Crippen molar-refractivity contribution in [3.05, 3.63) is 35.9 Å². The fourth-order valence-corrected chi connectivity index (χ4v) is 6.68. The Morgan fingerprint density at radius 2 is 1.60 bits per heavy atom. The third-order valence-electron chi connectivity index (χ3n) is 5.89. The number of carbonyl (C=O) groups excluding carboxylic acids is 2. The average Bonchev–Trinajstić information content (AvgIpc) is 3.19. The number of imide groups is 1. The van der Waals surface area contributed by atoms with E-state index in [9.17, 15) is 19.5 Å². The number of likely N-dealkylation sites (tertiary alicyclic amines) is 1. The van der Waals surface area contributed by atoms with Crippen molar-refractivity contribution >= 4 is 49.6 Å². The second-order valence-corrected chi connectivity index (χ2v) is 9.21. The molecular weight excluding hydrogens is 454 g/mol. The maximum absolute atomic E-state index is 13.0. The minimum Gasteiger partial charge on any atom is -0.480 e. The molecule has 3 fully saturated rings. The van der Waals surface area contributed by atoms with Gasteiger partial charge >= 0.3 is 5.97 Å². The van der Waals surface area contributed by atoms with Gasteiger partial charge in [-0.25, -0.2) is 4.79 Å². The Labute approximate surface area is 162 Å². The minimum atomic E-state index is -1.14. The number of rotatable bonds is 4. The Morgan fingerprint density at radius 1 is 1.08 bits per heavy atom. The average molecular weight is 471 g/mol. The highest BCUT2D eigenvalue weighted by atomic mass is 79.9. The number of carbonyl (C=O) groups is 3. The highest BCUT2D eigenvalue weighted by molar-refractivity contribution is 9.12. The molecule has 0 unspecified atom stereocenters. The van der Waals surface area contributed by atoms with Crippen molar-refractivity contribution in [1.29, 1.82) is 0 Å². The molecule has 3 aliphatic rings. The van der Waals surface area contributed by atoms with Gasteiger partial charge in [-0.05, 0) is 23.8 Å². The topological polar surface area (TPSA) is 74.7 Å². The fourth-order valence-electron chi connectivity index (χ4n) is 4.81. The van der Waals surface area contributed by atoms with E-state index in [1.165, 1.54) is 0 Å². The first kappa shape index (κ1) is 17.2. The summed E-state index contributed by atoms with van der Waals surface area (Å²) in [6.45, 7) is 0. The summed E-state index contributed by atoms with van der Waals surface area (Å²) >= 11 is 7.28. The van der Waals surface area contributed by atoms with Crippen molar-refractivity contribution < 1.29 is 19.5 Å². The molecular formula is C18H17Br2NO4. The predicted octanol–water partition coefficient (Wildman–Crippen LogP) is 2.46. The molecule has 132 valence electrons. The molecule has 0 spiro atoms. The lowest BCUT2D eigenvalue weighted by Gasteiger charge is -2.28. The molecule has 25 heavy (non-hydrogen) atoms. The quantitative estimate of drug-likeness (QED) is 0.541. The molecule has 1 aliphatic heterocycles. The van der Waals surface area contributed by atoms with Crippen LogP contribution in [0.3, 0.4) is 0 Å². The summed E-state index contributed by atoms with van der Waals surface area (Å²) in [4.78, 5) is 39.1. The maximum atomic E-state index is 13.0. The van der Waals surface area contributed by atoms with Crippen molar-refractivity contribution in [3.63, 3.8) is 0 Å². The Hall–Kier alpha value is -1.21. The van der Waals surface area contributed by atoms with E-state index in [1.807, 2.05) is 30.3 Å². The van der Waals surface area contributed by atoms with Gasteiger partial charge in [0, 0.05) is 16.1 Å². The molecule has 1 saturated heterocycles. The van der Waals surface area contributed by atoms with Gasteiger partial charge in [0.1, 0.15) is 6.04 Å². The summed E-state index contributed by atoms with van der Waals surface area (Å²) in [5.74, 6) is -2.34. The van der Waals surface area contributed by atoms with Gasteiger partial charge in [0.05, 0.1) is 11.8 Å². The largest absolute Gasteiger partial charge is 0.480 e. The molecule has 1 N–H and O–H groups in total. The Bertz CT molecular complexity index is 708. The van der Waals surface area contributed by atoms with Crippen molar-refractivity contribution in [3.8, 4) is 0 Å². The van der Waals surface area contributed by atoms with E-state index >= 15 is 0 Å². The van der Waals surface area contributed by atoms with E-state index in [1.54, 1.807) is 0 Å². The van der Waals surface area contributed by atoms with Crippen LogP contribution >= 0.6 is 31.9 Å². The standard InChI is InChI=1S/C18H17Br2NO4/c19-14-9-7-10(15(14)20)13-12(9)16(22)21(17(13)23)11(18(24)25)6-8-4-2-1-3-5-8/h1-5,9-15H,6-7H2,(H,24,25)/t9-,10+,11-,12+,13-,14+,15+/m0/s1. The molecule has 2 bridgehead atoms. The van der Waals surface area contributed by atoms with Crippen molar-refractivity contribution in [2.45, 2.75) is 28.5 Å².